The Labute approximate surface area is 127 Å². The third-order valence-corrected chi connectivity index (χ3v) is 3.32. The highest BCUT2D eigenvalue weighted by Gasteiger charge is 2.17. The van der Waals surface area contributed by atoms with E-state index in [0.717, 1.165) is 6.07 Å². The molecule has 0 aliphatic heterocycles. The van der Waals surface area contributed by atoms with Crippen LogP contribution in [0, 0.1) is 18.6 Å². The molecule has 2 aromatic rings. The number of aryl methyl sites for hydroxylation is 1. The predicted molar refractivity (Wildman–Crippen MR) is 74.3 cm³/mol. The maximum absolute atomic E-state index is 13.8. The SMILES string of the molecule is Cc1ccc(OCc2c(F)ccc(Br)c2F)c(C(=O)O)n1. The van der Waals surface area contributed by atoms with Gasteiger partial charge in [-0.2, -0.15) is 0 Å². The van der Waals surface area contributed by atoms with Crippen molar-refractivity contribution in [1.82, 2.24) is 4.98 Å². The molecular formula is C14H10BrF2NO3. The first-order valence-corrected chi connectivity index (χ1v) is 6.65. The van der Waals surface area contributed by atoms with Gasteiger partial charge in [-0.15, -0.1) is 0 Å². The van der Waals surface area contributed by atoms with E-state index < -0.39 is 24.2 Å². The normalized spacial score (nSPS) is 10.5. The fraction of sp³-hybridized carbons (Fsp3) is 0.143. The lowest BCUT2D eigenvalue weighted by Crippen LogP contribution is -2.08. The van der Waals surface area contributed by atoms with Crippen molar-refractivity contribution in [3.05, 3.63) is 57.3 Å². The Balaban J connectivity index is 2.29. The van der Waals surface area contributed by atoms with E-state index in [-0.39, 0.29) is 21.5 Å². The number of benzene rings is 1. The first-order chi connectivity index (χ1) is 9.90. The van der Waals surface area contributed by atoms with Gasteiger partial charge in [0, 0.05) is 5.69 Å². The third kappa shape index (κ3) is 3.36. The number of aromatic carboxylic acids is 1. The Morgan fingerprint density at radius 1 is 1.33 bits per heavy atom. The lowest BCUT2D eigenvalue weighted by atomic mass is 10.2. The first-order valence-electron chi connectivity index (χ1n) is 5.86. The van der Waals surface area contributed by atoms with Crippen LogP contribution in [0.5, 0.6) is 5.75 Å². The zero-order valence-corrected chi connectivity index (χ0v) is 12.4. The van der Waals surface area contributed by atoms with E-state index in [1.54, 1.807) is 13.0 Å². The van der Waals surface area contributed by atoms with Crippen molar-refractivity contribution in [2.24, 2.45) is 0 Å². The molecule has 0 amide bonds. The number of carbonyl (C=O) groups is 1. The van der Waals surface area contributed by atoms with Gasteiger partial charge in [-0.3, -0.25) is 0 Å². The summed E-state index contributed by atoms with van der Waals surface area (Å²) in [6.07, 6.45) is 0. The van der Waals surface area contributed by atoms with Crippen molar-refractivity contribution in [3.63, 3.8) is 0 Å². The fourth-order valence-corrected chi connectivity index (χ4v) is 2.04. The van der Waals surface area contributed by atoms with Crippen LogP contribution >= 0.6 is 15.9 Å². The summed E-state index contributed by atoms with van der Waals surface area (Å²) in [6.45, 7) is 1.19. The van der Waals surface area contributed by atoms with E-state index in [9.17, 15) is 13.6 Å². The van der Waals surface area contributed by atoms with Crippen molar-refractivity contribution in [2.75, 3.05) is 0 Å². The minimum atomic E-state index is -1.27. The van der Waals surface area contributed by atoms with Gasteiger partial charge in [0.1, 0.15) is 18.2 Å². The van der Waals surface area contributed by atoms with E-state index in [2.05, 4.69) is 20.9 Å². The van der Waals surface area contributed by atoms with Crippen LogP contribution in [-0.2, 0) is 6.61 Å². The van der Waals surface area contributed by atoms with Crippen molar-refractivity contribution in [1.29, 1.82) is 0 Å². The molecule has 0 bridgehead atoms. The van der Waals surface area contributed by atoms with E-state index in [0.29, 0.717) is 5.69 Å². The van der Waals surface area contributed by atoms with Gasteiger partial charge in [0.15, 0.2) is 11.4 Å². The largest absolute Gasteiger partial charge is 0.486 e. The molecule has 0 spiro atoms. The summed E-state index contributed by atoms with van der Waals surface area (Å²) in [7, 11) is 0. The Hall–Kier alpha value is -2.02. The van der Waals surface area contributed by atoms with Gasteiger partial charge < -0.3 is 9.84 Å². The molecule has 21 heavy (non-hydrogen) atoms. The molecule has 1 N–H and O–H groups in total. The highest BCUT2D eigenvalue weighted by Crippen LogP contribution is 2.24. The molecule has 0 saturated carbocycles. The smallest absolute Gasteiger partial charge is 0.358 e. The highest BCUT2D eigenvalue weighted by molar-refractivity contribution is 9.10. The minimum absolute atomic E-state index is 0.0492. The van der Waals surface area contributed by atoms with E-state index in [4.69, 9.17) is 9.84 Å². The Kier molecular flexibility index (Phi) is 4.52. The van der Waals surface area contributed by atoms with Crippen LogP contribution in [-0.4, -0.2) is 16.1 Å². The van der Waals surface area contributed by atoms with Gasteiger partial charge in [-0.25, -0.2) is 18.6 Å². The van der Waals surface area contributed by atoms with Crippen molar-refractivity contribution < 1.29 is 23.4 Å². The number of carboxylic acids is 1. The van der Waals surface area contributed by atoms with Crippen LogP contribution in [0.15, 0.2) is 28.7 Å². The predicted octanol–water partition coefficient (Wildman–Crippen LogP) is 3.71. The van der Waals surface area contributed by atoms with Crippen LogP contribution < -0.4 is 4.74 Å². The monoisotopic (exact) mass is 357 g/mol. The third-order valence-electron chi connectivity index (χ3n) is 2.71. The molecule has 4 nitrogen and oxygen atoms in total. The Morgan fingerprint density at radius 3 is 2.71 bits per heavy atom. The average molecular weight is 358 g/mol. The first kappa shape index (κ1) is 15.4. The van der Waals surface area contributed by atoms with Crippen molar-refractivity contribution in [3.8, 4) is 5.75 Å². The number of pyridine rings is 1. The summed E-state index contributed by atoms with van der Waals surface area (Å²) in [5.41, 5.74) is -0.0910. The molecule has 1 aromatic heterocycles. The lowest BCUT2D eigenvalue weighted by Gasteiger charge is -2.11. The summed E-state index contributed by atoms with van der Waals surface area (Å²) >= 11 is 2.95. The number of ether oxygens (including phenoxy) is 1. The average Bonchev–Trinajstić information content (AvgIpc) is 2.44. The summed E-state index contributed by atoms with van der Waals surface area (Å²) < 4.78 is 32.7. The molecule has 0 radical (unpaired) electrons. The number of nitrogens with zero attached hydrogens (tertiary/aromatic N) is 1. The number of aromatic nitrogens is 1. The molecule has 0 aliphatic carbocycles. The second-order valence-electron chi connectivity index (χ2n) is 4.21. The van der Waals surface area contributed by atoms with Crippen LogP contribution in [0.3, 0.4) is 0 Å². The highest BCUT2D eigenvalue weighted by atomic mass is 79.9. The number of hydrogen-bond acceptors (Lipinski definition) is 3. The van der Waals surface area contributed by atoms with Gasteiger partial charge >= 0.3 is 5.97 Å². The number of carboxylic acid groups (broad SMARTS) is 1. The molecule has 2 rings (SSSR count). The van der Waals surface area contributed by atoms with Gasteiger partial charge in [0.05, 0.1) is 10.0 Å². The lowest BCUT2D eigenvalue weighted by molar-refractivity contribution is 0.0684. The molecule has 0 unspecified atom stereocenters. The summed E-state index contributed by atoms with van der Waals surface area (Å²) in [6, 6.07) is 5.29. The molecule has 110 valence electrons. The molecule has 1 heterocycles. The van der Waals surface area contributed by atoms with E-state index >= 15 is 0 Å². The van der Waals surface area contributed by atoms with Gasteiger partial charge in [0.25, 0.3) is 0 Å². The molecule has 0 aliphatic rings. The molecule has 0 fully saturated rings. The van der Waals surface area contributed by atoms with Gasteiger partial charge in [-0.1, -0.05) is 0 Å². The fourth-order valence-electron chi connectivity index (χ4n) is 1.66. The number of hydrogen-bond donors (Lipinski definition) is 1. The number of halogens is 3. The molecule has 1 aromatic carbocycles. The number of rotatable bonds is 4. The van der Waals surface area contributed by atoms with E-state index in [1.165, 1.54) is 12.1 Å². The zero-order chi connectivity index (χ0) is 15.6. The summed E-state index contributed by atoms with van der Waals surface area (Å²) in [4.78, 5) is 14.9. The molecule has 7 heteroatoms. The van der Waals surface area contributed by atoms with Gasteiger partial charge in [-0.05, 0) is 47.1 Å². The standard InChI is InChI=1S/C14H10BrF2NO3/c1-7-2-5-11(13(18-7)14(19)20)21-6-8-10(16)4-3-9(15)12(8)17/h2-5H,6H2,1H3,(H,19,20). The van der Waals surface area contributed by atoms with Crippen LogP contribution in [0.25, 0.3) is 0 Å². The van der Waals surface area contributed by atoms with Crippen molar-refractivity contribution >= 4 is 21.9 Å². The van der Waals surface area contributed by atoms with Gasteiger partial charge in [0.2, 0.25) is 0 Å². The maximum atomic E-state index is 13.8. The molecule has 0 saturated heterocycles. The minimum Gasteiger partial charge on any atom is -0.486 e. The van der Waals surface area contributed by atoms with Crippen LogP contribution in [0.2, 0.25) is 0 Å². The molecule has 0 atom stereocenters. The van der Waals surface area contributed by atoms with Crippen LogP contribution in [0.4, 0.5) is 8.78 Å². The quantitative estimate of drug-likeness (QED) is 0.847. The molecular weight excluding hydrogens is 348 g/mol. The van der Waals surface area contributed by atoms with Crippen LogP contribution in [0.1, 0.15) is 21.7 Å². The van der Waals surface area contributed by atoms with Crippen molar-refractivity contribution in [2.45, 2.75) is 13.5 Å². The Bertz CT molecular complexity index is 707. The summed E-state index contributed by atoms with van der Waals surface area (Å²) in [5.74, 6) is -2.88. The Morgan fingerprint density at radius 2 is 2.05 bits per heavy atom. The second kappa shape index (κ2) is 6.17. The van der Waals surface area contributed by atoms with E-state index in [1.807, 2.05) is 0 Å². The topological polar surface area (TPSA) is 59.4 Å². The summed E-state index contributed by atoms with van der Waals surface area (Å²) in [5, 5.41) is 9.04. The second-order valence-corrected chi connectivity index (χ2v) is 5.07. The zero-order valence-electron chi connectivity index (χ0n) is 10.9. The maximum Gasteiger partial charge on any atom is 0.358 e.